The molecule has 0 aromatic heterocycles. The van der Waals surface area contributed by atoms with E-state index in [1.54, 1.807) is 6.08 Å². The molecule has 1 N–H and O–H groups in total. The number of anilines is 2. The fourth-order valence-electron chi connectivity index (χ4n) is 3.86. The molecule has 0 unspecified atom stereocenters. The van der Waals surface area contributed by atoms with Crippen LogP contribution in [0.2, 0.25) is 0 Å². The average molecular weight is 440 g/mol. The van der Waals surface area contributed by atoms with Crippen molar-refractivity contribution in [1.82, 2.24) is 4.90 Å². The Morgan fingerprint density at radius 2 is 1.52 bits per heavy atom. The largest absolute Gasteiger partial charge is 0.368 e. The van der Waals surface area contributed by atoms with Gasteiger partial charge in [0.1, 0.15) is 0 Å². The Hall–Kier alpha value is -3.86. The summed E-state index contributed by atoms with van der Waals surface area (Å²) in [5, 5.41) is 2.97. The van der Waals surface area contributed by atoms with E-state index in [4.69, 9.17) is 0 Å². The second kappa shape index (κ2) is 10.2. The van der Waals surface area contributed by atoms with Crippen LogP contribution in [0.1, 0.15) is 27.0 Å². The molecule has 0 atom stereocenters. The van der Waals surface area contributed by atoms with Gasteiger partial charge < -0.3 is 15.1 Å². The van der Waals surface area contributed by atoms with Crippen molar-refractivity contribution in [3.8, 4) is 0 Å². The van der Waals surface area contributed by atoms with E-state index in [0.717, 1.165) is 35.6 Å². The number of aryl methyl sites for hydroxylation is 2. The van der Waals surface area contributed by atoms with Gasteiger partial charge in [0, 0.05) is 49.2 Å². The summed E-state index contributed by atoms with van der Waals surface area (Å²) in [6.07, 6.45) is 3.51. The first-order valence-corrected chi connectivity index (χ1v) is 11.3. The number of rotatable bonds is 5. The summed E-state index contributed by atoms with van der Waals surface area (Å²) >= 11 is 0. The van der Waals surface area contributed by atoms with Crippen molar-refractivity contribution < 1.29 is 9.59 Å². The molecule has 0 bridgehead atoms. The smallest absolute Gasteiger partial charge is 0.255 e. The first-order valence-electron chi connectivity index (χ1n) is 11.3. The van der Waals surface area contributed by atoms with Gasteiger partial charge in [-0.15, -0.1) is 0 Å². The summed E-state index contributed by atoms with van der Waals surface area (Å²) in [7, 11) is 0. The molecule has 0 saturated carbocycles. The van der Waals surface area contributed by atoms with Crippen molar-refractivity contribution in [2.24, 2.45) is 0 Å². The van der Waals surface area contributed by atoms with Crippen LogP contribution in [-0.4, -0.2) is 42.9 Å². The minimum atomic E-state index is -0.110. The van der Waals surface area contributed by atoms with E-state index < -0.39 is 0 Å². The second-order valence-electron chi connectivity index (χ2n) is 8.36. The minimum Gasteiger partial charge on any atom is -0.368 e. The summed E-state index contributed by atoms with van der Waals surface area (Å²) in [5.74, 6) is -0.0653. The number of hydrogen-bond acceptors (Lipinski definition) is 3. The SMILES string of the molecule is Cc1ccc(C(=O)Nc2ccc(N3CCN(C(=O)/C=C/c4ccccc4)CC3)cc2)cc1C. The summed E-state index contributed by atoms with van der Waals surface area (Å²) in [4.78, 5) is 29.2. The lowest BCUT2D eigenvalue weighted by atomic mass is 10.1. The zero-order chi connectivity index (χ0) is 23.2. The van der Waals surface area contributed by atoms with Gasteiger partial charge in [-0.05, 0) is 73.0 Å². The highest BCUT2D eigenvalue weighted by Gasteiger charge is 2.20. The maximum absolute atomic E-state index is 12.5. The predicted molar refractivity (Wildman–Crippen MR) is 135 cm³/mol. The van der Waals surface area contributed by atoms with Gasteiger partial charge in [0.15, 0.2) is 0 Å². The topological polar surface area (TPSA) is 52.7 Å². The maximum Gasteiger partial charge on any atom is 0.255 e. The zero-order valence-electron chi connectivity index (χ0n) is 19.1. The van der Waals surface area contributed by atoms with Gasteiger partial charge in [-0.1, -0.05) is 36.4 Å². The van der Waals surface area contributed by atoms with E-state index in [-0.39, 0.29) is 11.8 Å². The molecule has 0 spiro atoms. The number of nitrogens with one attached hydrogen (secondary N) is 1. The van der Waals surface area contributed by atoms with Gasteiger partial charge in [0.2, 0.25) is 5.91 Å². The van der Waals surface area contributed by atoms with Gasteiger partial charge in [0.25, 0.3) is 5.91 Å². The standard InChI is InChI=1S/C28H29N3O2/c1-21-8-10-24(20-22(21)2)28(33)29-25-11-13-26(14-12-25)30-16-18-31(19-17-30)27(32)15-9-23-6-4-3-5-7-23/h3-15,20H,16-19H2,1-2H3,(H,29,33)/b15-9+. The van der Waals surface area contributed by atoms with E-state index in [2.05, 4.69) is 10.2 Å². The highest BCUT2D eigenvalue weighted by Crippen LogP contribution is 2.21. The third-order valence-corrected chi connectivity index (χ3v) is 6.07. The molecule has 3 aromatic carbocycles. The molecule has 1 saturated heterocycles. The molecule has 1 aliphatic heterocycles. The average Bonchev–Trinajstić information content (AvgIpc) is 2.85. The first-order chi connectivity index (χ1) is 16.0. The summed E-state index contributed by atoms with van der Waals surface area (Å²) < 4.78 is 0. The first kappa shape index (κ1) is 22.3. The second-order valence-corrected chi connectivity index (χ2v) is 8.36. The number of benzene rings is 3. The number of amides is 2. The third kappa shape index (κ3) is 5.69. The van der Waals surface area contributed by atoms with Crippen LogP contribution in [0.25, 0.3) is 6.08 Å². The zero-order valence-corrected chi connectivity index (χ0v) is 19.1. The van der Waals surface area contributed by atoms with Gasteiger partial charge in [-0.2, -0.15) is 0 Å². The molecular formula is C28H29N3O2. The van der Waals surface area contributed by atoms with Gasteiger partial charge in [0.05, 0.1) is 0 Å². The van der Waals surface area contributed by atoms with Crippen LogP contribution in [0.5, 0.6) is 0 Å². The van der Waals surface area contributed by atoms with Crippen LogP contribution in [-0.2, 0) is 4.79 Å². The maximum atomic E-state index is 12.5. The fourth-order valence-corrected chi connectivity index (χ4v) is 3.86. The van der Waals surface area contributed by atoms with Gasteiger partial charge >= 0.3 is 0 Å². The Bertz CT molecular complexity index is 1150. The minimum absolute atomic E-state index is 0.0444. The van der Waals surface area contributed by atoms with Gasteiger partial charge in [-0.25, -0.2) is 0 Å². The molecule has 168 valence electrons. The number of hydrogen-bond donors (Lipinski definition) is 1. The highest BCUT2D eigenvalue weighted by atomic mass is 16.2. The van der Waals surface area contributed by atoms with Crippen molar-refractivity contribution in [1.29, 1.82) is 0 Å². The van der Waals surface area contributed by atoms with Crippen LogP contribution in [0.4, 0.5) is 11.4 Å². The summed E-state index contributed by atoms with van der Waals surface area (Å²) in [6.45, 7) is 6.96. The summed E-state index contributed by atoms with van der Waals surface area (Å²) in [6, 6.07) is 23.5. The van der Waals surface area contributed by atoms with E-state index in [1.807, 2.05) is 97.6 Å². The molecule has 0 radical (unpaired) electrons. The van der Waals surface area contributed by atoms with Crippen LogP contribution in [0.15, 0.2) is 78.9 Å². The van der Waals surface area contributed by atoms with E-state index in [9.17, 15) is 9.59 Å². The molecule has 2 amide bonds. The van der Waals surface area contributed by atoms with Crippen molar-refractivity contribution in [3.63, 3.8) is 0 Å². The van der Waals surface area contributed by atoms with Crippen LogP contribution in [0, 0.1) is 13.8 Å². The van der Waals surface area contributed by atoms with Crippen molar-refractivity contribution in [2.75, 3.05) is 36.4 Å². The number of piperazine rings is 1. The lowest BCUT2D eigenvalue weighted by molar-refractivity contribution is -0.126. The Labute approximate surface area is 195 Å². The lowest BCUT2D eigenvalue weighted by Gasteiger charge is -2.35. The molecule has 4 rings (SSSR count). The molecule has 0 aliphatic carbocycles. The normalized spacial score (nSPS) is 13.9. The molecule has 3 aromatic rings. The van der Waals surface area contributed by atoms with Crippen molar-refractivity contribution in [2.45, 2.75) is 13.8 Å². The van der Waals surface area contributed by atoms with Crippen molar-refractivity contribution >= 4 is 29.3 Å². The number of carbonyl (C=O) groups excluding carboxylic acids is 2. The van der Waals surface area contributed by atoms with E-state index >= 15 is 0 Å². The fraction of sp³-hybridized carbons (Fsp3) is 0.214. The lowest BCUT2D eigenvalue weighted by Crippen LogP contribution is -2.48. The molecule has 1 aliphatic rings. The quantitative estimate of drug-likeness (QED) is 0.574. The molecular weight excluding hydrogens is 410 g/mol. The third-order valence-electron chi connectivity index (χ3n) is 6.07. The molecule has 5 nitrogen and oxygen atoms in total. The number of carbonyl (C=O) groups is 2. The monoisotopic (exact) mass is 439 g/mol. The van der Waals surface area contributed by atoms with Crippen LogP contribution >= 0.6 is 0 Å². The molecule has 1 fully saturated rings. The molecule has 1 heterocycles. The van der Waals surface area contributed by atoms with E-state index in [1.165, 1.54) is 5.56 Å². The Kier molecular flexibility index (Phi) is 6.89. The highest BCUT2D eigenvalue weighted by molar-refractivity contribution is 6.04. The number of nitrogens with zero attached hydrogens (tertiary/aromatic N) is 2. The Morgan fingerprint density at radius 1 is 0.818 bits per heavy atom. The van der Waals surface area contributed by atoms with Crippen LogP contribution in [0.3, 0.4) is 0 Å². The summed E-state index contributed by atoms with van der Waals surface area (Å²) in [5.41, 5.74) is 5.81. The van der Waals surface area contributed by atoms with E-state index in [0.29, 0.717) is 18.7 Å². The van der Waals surface area contributed by atoms with Crippen molar-refractivity contribution in [3.05, 3.63) is 101 Å². The van der Waals surface area contributed by atoms with Crippen LogP contribution < -0.4 is 10.2 Å². The predicted octanol–water partition coefficient (Wildman–Crippen LogP) is 4.92. The molecule has 33 heavy (non-hydrogen) atoms. The Morgan fingerprint density at radius 3 is 2.18 bits per heavy atom. The Balaban J connectivity index is 1.30. The molecule has 5 heteroatoms. The van der Waals surface area contributed by atoms with Gasteiger partial charge in [-0.3, -0.25) is 9.59 Å².